The van der Waals surface area contributed by atoms with Gasteiger partial charge >= 0.3 is 6.18 Å². The number of ether oxygens (including phenoxy) is 1. The number of carbonyl (C=O) groups is 1. The summed E-state index contributed by atoms with van der Waals surface area (Å²) in [5, 5.41) is 2.15. The molecular formula is C20H19Cl2F3N2O4S. The van der Waals surface area contributed by atoms with Crippen molar-refractivity contribution in [1.82, 2.24) is 4.31 Å². The molecule has 3 rings (SSSR count). The topological polar surface area (TPSA) is 75.7 Å². The van der Waals surface area contributed by atoms with E-state index in [1.165, 1.54) is 35.7 Å². The Kier molecular flexibility index (Phi) is 7.28. The number of halogens is 5. The quantitative estimate of drug-likeness (QED) is 0.609. The van der Waals surface area contributed by atoms with E-state index in [2.05, 4.69) is 5.32 Å². The SMILES string of the molecule is COc1ccc(S(=O)(=O)N2CCC(C(=O)Nc3ccc(Cl)c(C(F)(F)F)c3)CC2)cc1Cl. The van der Waals surface area contributed by atoms with Gasteiger partial charge in [-0.2, -0.15) is 17.5 Å². The second kappa shape index (κ2) is 9.46. The van der Waals surface area contributed by atoms with E-state index >= 15 is 0 Å². The lowest BCUT2D eigenvalue weighted by molar-refractivity contribution is -0.137. The number of hydrogen-bond donors (Lipinski definition) is 1. The summed E-state index contributed by atoms with van der Waals surface area (Å²) in [6, 6.07) is 7.26. The molecule has 0 bridgehead atoms. The van der Waals surface area contributed by atoms with E-state index in [9.17, 15) is 26.4 Å². The molecule has 12 heteroatoms. The minimum atomic E-state index is -4.65. The van der Waals surface area contributed by atoms with Gasteiger partial charge in [0.05, 0.1) is 27.6 Å². The Balaban J connectivity index is 1.65. The average Bonchev–Trinajstić information content (AvgIpc) is 2.74. The molecule has 2 aromatic carbocycles. The predicted molar refractivity (Wildman–Crippen MR) is 115 cm³/mol. The van der Waals surface area contributed by atoms with Crippen molar-refractivity contribution in [2.75, 3.05) is 25.5 Å². The van der Waals surface area contributed by atoms with Gasteiger partial charge in [0.15, 0.2) is 0 Å². The first-order chi connectivity index (χ1) is 14.9. The third-order valence-electron chi connectivity index (χ3n) is 5.13. The molecule has 1 aliphatic heterocycles. The first-order valence-electron chi connectivity index (χ1n) is 9.45. The van der Waals surface area contributed by atoms with Crippen LogP contribution in [0.1, 0.15) is 18.4 Å². The Hall–Kier alpha value is -2.01. The van der Waals surface area contributed by atoms with Crippen molar-refractivity contribution in [1.29, 1.82) is 0 Å². The summed E-state index contributed by atoms with van der Waals surface area (Å²) in [7, 11) is -2.41. The minimum Gasteiger partial charge on any atom is -0.495 e. The van der Waals surface area contributed by atoms with Gasteiger partial charge in [-0.15, -0.1) is 0 Å². The third kappa shape index (κ3) is 5.31. The highest BCUT2D eigenvalue weighted by atomic mass is 35.5. The number of piperidine rings is 1. The second-order valence-electron chi connectivity index (χ2n) is 7.16. The zero-order chi connectivity index (χ0) is 23.7. The molecule has 0 atom stereocenters. The van der Waals surface area contributed by atoms with Gasteiger partial charge in [-0.05, 0) is 49.2 Å². The molecule has 1 fully saturated rings. The summed E-state index contributed by atoms with van der Waals surface area (Å²) in [6.07, 6.45) is -4.22. The smallest absolute Gasteiger partial charge is 0.417 e. The summed E-state index contributed by atoms with van der Waals surface area (Å²) >= 11 is 11.6. The summed E-state index contributed by atoms with van der Waals surface area (Å²) in [6.45, 7) is 0.164. The number of benzene rings is 2. The molecule has 0 spiro atoms. The van der Waals surface area contributed by atoms with Crippen LogP contribution in [0.2, 0.25) is 10.0 Å². The summed E-state index contributed by atoms with van der Waals surface area (Å²) in [4.78, 5) is 12.5. The number of methoxy groups -OCH3 is 1. The lowest BCUT2D eigenvalue weighted by Crippen LogP contribution is -2.41. The molecule has 0 saturated carbocycles. The Bertz CT molecular complexity index is 1120. The van der Waals surface area contributed by atoms with Crippen LogP contribution in [0.3, 0.4) is 0 Å². The maximum Gasteiger partial charge on any atom is 0.417 e. The molecule has 0 radical (unpaired) electrons. The van der Waals surface area contributed by atoms with Gasteiger partial charge < -0.3 is 10.1 Å². The van der Waals surface area contributed by atoms with Gasteiger partial charge in [0.2, 0.25) is 15.9 Å². The van der Waals surface area contributed by atoms with Crippen LogP contribution in [0.25, 0.3) is 0 Å². The molecule has 1 amide bonds. The number of amides is 1. The fourth-order valence-corrected chi connectivity index (χ4v) is 5.42. The summed E-state index contributed by atoms with van der Waals surface area (Å²) in [5.41, 5.74) is -1.08. The molecule has 1 N–H and O–H groups in total. The molecule has 1 heterocycles. The van der Waals surface area contributed by atoms with Crippen molar-refractivity contribution in [3.8, 4) is 5.75 Å². The largest absolute Gasteiger partial charge is 0.495 e. The van der Waals surface area contributed by atoms with Gasteiger partial charge in [-0.25, -0.2) is 8.42 Å². The van der Waals surface area contributed by atoms with E-state index < -0.39 is 38.6 Å². The van der Waals surface area contributed by atoms with E-state index in [1.807, 2.05) is 0 Å². The van der Waals surface area contributed by atoms with Crippen molar-refractivity contribution in [3.63, 3.8) is 0 Å². The predicted octanol–water partition coefficient (Wildman–Crippen LogP) is 5.06. The minimum absolute atomic E-state index is 0.00652. The van der Waals surface area contributed by atoms with Crippen LogP contribution in [0, 0.1) is 5.92 Å². The number of sulfonamides is 1. The van der Waals surface area contributed by atoms with Crippen molar-refractivity contribution in [3.05, 3.63) is 52.0 Å². The maximum absolute atomic E-state index is 13.0. The molecule has 0 unspecified atom stereocenters. The second-order valence-corrected chi connectivity index (χ2v) is 9.91. The van der Waals surface area contributed by atoms with Crippen molar-refractivity contribution in [2.45, 2.75) is 23.9 Å². The van der Waals surface area contributed by atoms with E-state index in [0.29, 0.717) is 5.75 Å². The molecule has 1 aliphatic rings. The first-order valence-corrected chi connectivity index (χ1v) is 11.6. The lowest BCUT2D eigenvalue weighted by Gasteiger charge is -2.30. The third-order valence-corrected chi connectivity index (χ3v) is 7.64. The highest BCUT2D eigenvalue weighted by molar-refractivity contribution is 7.89. The van der Waals surface area contributed by atoms with Gasteiger partial charge in [0, 0.05) is 24.7 Å². The summed E-state index contributed by atoms with van der Waals surface area (Å²) in [5.74, 6) is -0.687. The van der Waals surface area contributed by atoms with Crippen LogP contribution < -0.4 is 10.1 Å². The number of nitrogens with zero attached hydrogens (tertiary/aromatic N) is 1. The number of rotatable bonds is 5. The average molecular weight is 511 g/mol. The lowest BCUT2D eigenvalue weighted by atomic mass is 9.97. The molecule has 0 aromatic heterocycles. The number of hydrogen-bond acceptors (Lipinski definition) is 4. The Morgan fingerprint density at radius 1 is 1.09 bits per heavy atom. The van der Waals surface area contributed by atoms with E-state index in [0.717, 1.165) is 12.1 Å². The zero-order valence-corrected chi connectivity index (χ0v) is 19.1. The van der Waals surface area contributed by atoms with Crippen LogP contribution in [0.15, 0.2) is 41.3 Å². The fraction of sp³-hybridized carbons (Fsp3) is 0.350. The van der Waals surface area contributed by atoms with E-state index in [4.69, 9.17) is 27.9 Å². The van der Waals surface area contributed by atoms with Crippen LogP contribution in [-0.2, 0) is 21.0 Å². The number of nitrogens with one attached hydrogen (secondary N) is 1. The molecule has 32 heavy (non-hydrogen) atoms. The van der Waals surface area contributed by atoms with Crippen LogP contribution in [0.4, 0.5) is 18.9 Å². The summed E-state index contributed by atoms with van der Waals surface area (Å²) < 4.78 is 71.1. The van der Waals surface area contributed by atoms with Gasteiger partial charge in [-0.1, -0.05) is 23.2 Å². The van der Waals surface area contributed by atoms with Gasteiger partial charge in [0.1, 0.15) is 5.75 Å². The van der Waals surface area contributed by atoms with E-state index in [1.54, 1.807) is 0 Å². The van der Waals surface area contributed by atoms with Crippen molar-refractivity contribution in [2.24, 2.45) is 5.92 Å². The van der Waals surface area contributed by atoms with Crippen LogP contribution in [0.5, 0.6) is 5.75 Å². The van der Waals surface area contributed by atoms with Crippen LogP contribution >= 0.6 is 23.2 Å². The molecule has 6 nitrogen and oxygen atoms in total. The van der Waals surface area contributed by atoms with Crippen molar-refractivity contribution < 1.29 is 31.1 Å². The molecular weight excluding hydrogens is 492 g/mol. The molecule has 2 aromatic rings. The normalized spacial score (nSPS) is 16.1. The monoisotopic (exact) mass is 510 g/mol. The Morgan fingerprint density at radius 2 is 1.75 bits per heavy atom. The Morgan fingerprint density at radius 3 is 2.31 bits per heavy atom. The maximum atomic E-state index is 13.0. The highest BCUT2D eigenvalue weighted by Crippen LogP contribution is 2.36. The van der Waals surface area contributed by atoms with Crippen molar-refractivity contribution >= 4 is 44.8 Å². The number of anilines is 1. The first kappa shape index (κ1) is 24.6. The number of alkyl halides is 3. The molecule has 0 aliphatic carbocycles. The molecule has 174 valence electrons. The standard InChI is InChI=1S/C20H19Cl2F3N2O4S/c1-31-18-5-3-14(11-17(18)22)32(29,30)27-8-6-12(7-9-27)19(28)26-13-2-4-16(21)15(10-13)20(23,24)25/h2-5,10-12H,6-9H2,1H3,(H,26,28). The van der Waals surface area contributed by atoms with Gasteiger partial charge in [-0.3, -0.25) is 4.79 Å². The Labute approximate surface area is 193 Å². The number of carbonyl (C=O) groups excluding carboxylic acids is 1. The van der Waals surface area contributed by atoms with E-state index in [-0.39, 0.29) is 41.5 Å². The fourth-order valence-electron chi connectivity index (χ4n) is 3.38. The highest BCUT2D eigenvalue weighted by Gasteiger charge is 2.35. The van der Waals surface area contributed by atoms with Gasteiger partial charge in [0.25, 0.3) is 0 Å². The molecule has 1 saturated heterocycles. The zero-order valence-electron chi connectivity index (χ0n) is 16.7. The van der Waals surface area contributed by atoms with Crippen LogP contribution in [-0.4, -0.2) is 38.8 Å².